The number of piperazine rings is 1. The van der Waals surface area contributed by atoms with Crippen molar-refractivity contribution >= 4 is 17.3 Å². The summed E-state index contributed by atoms with van der Waals surface area (Å²) >= 11 is 5.60. The topological polar surface area (TPSA) is 38.2 Å². The van der Waals surface area contributed by atoms with Gasteiger partial charge in [-0.15, -0.1) is 0 Å². The molecule has 0 unspecified atom stereocenters. The fourth-order valence-electron chi connectivity index (χ4n) is 3.56. The summed E-state index contributed by atoms with van der Waals surface area (Å²) in [5.74, 6) is 1.80. The van der Waals surface area contributed by atoms with Gasteiger partial charge in [-0.2, -0.15) is 0 Å². The molecule has 0 bridgehead atoms. The number of ether oxygens (including phenoxy) is 2. The third-order valence-corrected chi connectivity index (χ3v) is 5.62. The molecule has 0 spiro atoms. The van der Waals surface area contributed by atoms with Crippen LogP contribution in [-0.2, 0) is 13.0 Å². The van der Waals surface area contributed by atoms with Gasteiger partial charge in [-0.3, -0.25) is 0 Å². The Bertz CT molecular complexity index is 762. The number of quaternary nitrogens is 1. The van der Waals surface area contributed by atoms with Gasteiger partial charge >= 0.3 is 0 Å². The largest absolute Gasteiger partial charge is 0.497 e. The molecule has 1 aliphatic heterocycles. The fourth-order valence-corrected chi connectivity index (χ4v) is 3.85. The molecule has 1 aliphatic rings. The Balaban J connectivity index is 1.44. The highest BCUT2D eigenvalue weighted by Gasteiger charge is 2.23. The molecule has 0 aliphatic carbocycles. The summed E-state index contributed by atoms with van der Waals surface area (Å²) in [6.45, 7) is 5.86. The van der Waals surface area contributed by atoms with E-state index in [4.69, 9.17) is 21.7 Å². The maximum Gasteiger partial charge on any atom is 0.169 e. The van der Waals surface area contributed by atoms with Crippen LogP contribution in [0.25, 0.3) is 0 Å². The van der Waals surface area contributed by atoms with Crippen molar-refractivity contribution in [3.8, 4) is 11.5 Å². The van der Waals surface area contributed by atoms with Crippen LogP contribution in [0.5, 0.6) is 11.5 Å². The van der Waals surface area contributed by atoms with Crippen molar-refractivity contribution in [1.82, 2.24) is 10.2 Å². The predicted molar refractivity (Wildman–Crippen MR) is 116 cm³/mol. The van der Waals surface area contributed by atoms with Crippen LogP contribution in [0, 0.1) is 0 Å². The molecule has 6 heteroatoms. The summed E-state index contributed by atoms with van der Waals surface area (Å²) in [6.07, 6.45) is 0.988. The van der Waals surface area contributed by atoms with E-state index < -0.39 is 0 Å². The Labute approximate surface area is 173 Å². The van der Waals surface area contributed by atoms with E-state index in [1.54, 1.807) is 14.2 Å². The molecule has 5 nitrogen and oxygen atoms in total. The maximum atomic E-state index is 5.60. The first-order chi connectivity index (χ1) is 13.7. The Hall–Kier alpha value is -2.31. The third kappa shape index (κ3) is 5.59. The van der Waals surface area contributed by atoms with Gasteiger partial charge in [-0.1, -0.05) is 30.3 Å². The molecule has 0 radical (unpaired) electrons. The van der Waals surface area contributed by atoms with E-state index in [0.29, 0.717) is 0 Å². The van der Waals surface area contributed by atoms with Gasteiger partial charge in [0.05, 0.1) is 46.0 Å². The average molecular weight is 401 g/mol. The molecule has 1 heterocycles. The van der Waals surface area contributed by atoms with E-state index in [1.807, 2.05) is 18.2 Å². The number of hydrogen-bond donors (Lipinski definition) is 2. The molecule has 1 saturated heterocycles. The standard InChI is InChI=1S/C22H29N3O2S/c1-26-20-8-9-21(27-2)19(16-20)17-24-12-14-25(15-13-24)22(28)23-11-10-18-6-4-3-5-7-18/h3-9,16H,10-15,17H2,1-2H3,(H,23,28)/p+1. The predicted octanol–water partition coefficient (Wildman–Crippen LogP) is 1.52. The summed E-state index contributed by atoms with van der Waals surface area (Å²) in [7, 11) is 3.42. The highest BCUT2D eigenvalue weighted by molar-refractivity contribution is 7.80. The first kappa shape index (κ1) is 20.4. The van der Waals surface area contributed by atoms with Gasteiger partial charge in [0, 0.05) is 6.54 Å². The van der Waals surface area contributed by atoms with Crippen molar-refractivity contribution in [2.24, 2.45) is 0 Å². The summed E-state index contributed by atoms with van der Waals surface area (Å²) in [4.78, 5) is 3.82. The SMILES string of the molecule is COc1ccc(OC)c(C[NH+]2CCN(C(=S)NCCc3ccccc3)CC2)c1. The Morgan fingerprint density at radius 3 is 2.50 bits per heavy atom. The van der Waals surface area contributed by atoms with E-state index in [2.05, 4.69) is 40.5 Å². The zero-order valence-corrected chi connectivity index (χ0v) is 17.6. The molecule has 3 rings (SSSR count). The third-order valence-electron chi connectivity index (χ3n) is 5.22. The molecule has 150 valence electrons. The van der Waals surface area contributed by atoms with Gasteiger partial charge in [0.2, 0.25) is 0 Å². The van der Waals surface area contributed by atoms with Gasteiger partial charge < -0.3 is 24.6 Å². The molecule has 0 saturated carbocycles. The second-order valence-electron chi connectivity index (χ2n) is 7.06. The van der Waals surface area contributed by atoms with E-state index in [9.17, 15) is 0 Å². The van der Waals surface area contributed by atoms with E-state index in [0.717, 1.165) is 62.3 Å². The van der Waals surface area contributed by atoms with Crippen LogP contribution >= 0.6 is 12.2 Å². The van der Waals surface area contributed by atoms with Crippen molar-refractivity contribution in [3.05, 3.63) is 59.7 Å². The van der Waals surface area contributed by atoms with Crippen LogP contribution in [0.15, 0.2) is 48.5 Å². The average Bonchev–Trinajstić information content (AvgIpc) is 2.75. The van der Waals surface area contributed by atoms with Gasteiger partial charge in [-0.25, -0.2) is 0 Å². The maximum absolute atomic E-state index is 5.60. The second kappa shape index (κ2) is 10.3. The molecule has 0 amide bonds. The number of nitrogens with zero attached hydrogens (tertiary/aromatic N) is 1. The Morgan fingerprint density at radius 1 is 1.07 bits per heavy atom. The molecular formula is C22H30N3O2S+. The van der Waals surface area contributed by atoms with E-state index >= 15 is 0 Å². The number of nitrogens with one attached hydrogen (secondary N) is 2. The van der Waals surface area contributed by atoms with Crippen molar-refractivity contribution < 1.29 is 14.4 Å². The summed E-state index contributed by atoms with van der Waals surface area (Å²) in [5.41, 5.74) is 2.52. The van der Waals surface area contributed by atoms with Crippen LogP contribution in [0.2, 0.25) is 0 Å². The van der Waals surface area contributed by atoms with Crippen molar-refractivity contribution in [3.63, 3.8) is 0 Å². The zero-order chi connectivity index (χ0) is 19.8. The van der Waals surface area contributed by atoms with Crippen LogP contribution in [0.4, 0.5) is 0 Å². The van der Waals surface area contributed by atoms with Gasteiger partial charge in [-0.05, 0) is 42.4 Å². The summed E-state index contributed by atoms with van der Waals surface area (Å²) in [5, 5.41) is 4.28. The van der Waals surface area contributed by atoms with Crippen molar-refractivity contribution in [2.45, 2.75) is 13.0 Å². The Kier molecular flexibility index (Phi) is 7.51. The first-order valence-corrected chi connectivity index (χ1v) is 10.2. The molecule has 2 N–H and O–H groups in total. The minimum Gasteiger partial charge on any atom is -0.497 e. The quantitative estimate of drug-likeness (QED) is 0.690. The lowest BCUT2D eigenvalue weighted by molar-refractivity contribution is -0.917. The Morgan fingerprint density at radius 2 is 1.82 bits per heavy atom. The van der Waals surface area contributed by atoms with Crippen LogP contribution in [-0.4, -0.2) is 57.0 Å². The van der Waals surface area contributed by atoms with E-state index in [1.165, 1.54) is 16.0 Å². The number of thiocarbonyl (C=S) groups is 1. The van der Waals surface area contributed by atoms with Crippen molar-refractivity contribution in [1.29, 1.82) is 0 Å². The summed E-state index contributed by atoms with van der Waals surface area (Å²) < 4.78 is 10.9. The number of rotatable bonds is 7. The number of hydrogen-bond acceptors (Lipinski definition) is 3. The lowest BCUT2D eigenvalue weighted by Crippen LogP contribution is -3.13. The van der Waals surface area contributed by atoms with Gasteiger partial charge in [0.1, 0.15) is 18.0 Å². The normalized spacial score (nSPS) is 14.6. The highest BCUT2D eigenvalue weighted by Crippen LogP contribution is 2.23. The summed E-state index contributed by atoms with van der Waals surface area (Å²) in [6, 6.07) is 16.5. The number of benzene rings is 2. The molecule has 0 atom stereocenters. The molecule has 28 heavy (non-hydrogen) atoms. The van der Waals surface area contributed by atoms with Crippen LogP contribution in [0.1, 0.15) is 11.1 Å². The number of methoxy groups -OCH3 is 2. The lowest BCUT2D eigenvalue weighted by atomic mass is 10.1. The highest BCUT2D eigenvalue weighted by atomic mass is 32.1. The minimum atomic E-state index is 0.869. The minimum absolute atomic E-state index is 0.869. The molecule has 2 aromatic carbocycles. The molecule has 1 fully saturated rings. The molecule has 0 aromatic heterocycles. The zero-order valence-electron chi connectivity index (χ0n) is 16.7. The van der Waals surface area contributed by atoms with Crippen LogP contribution in [0.3, 0.4) is 0 Å². The van der Waals surface area contributed by atoms with Crippen LogP contribution < -0.4 is 19.7 Å². The smallest absolute Gasteiger partial charge is 0.169 e. The van der Waals surface area contributed by atoms with E-state index in [-0.39, 0.29) is 0 Å². The molecular weight excluding hydrogens is 370 g/mol. The second-order valence-corrected chi connectivity index (χ2v) is 7.45. The first-order valence-electron chi connectivity index (χ1n) is 9.80. The van der Waals surface area contributed by atoms with Gasteiger partial charge in [0.25, 0.3) is 0 Å². The van der Waals surface area contributed by atoms with Crippen molar-refractivity contribution in [2.75, 3.05) is 46.9 Å². The lowest BCUT2D eigenvalue weighted by Gasteiger charge is -2.34. The monoisotopic (exact) mass is 400 g/mol. The fraction of sp³-hybridized carbons (Fsp3) is 0.409. The van der Waals surface area contributed by atoms with Gasteiger partial charge in [0.15, 0.2) is 5.11 Å². The molecule has 2 aromatic rings.